The second-order valence-corrected chi connectivity index (χ2v) is 11.3. The molecule has 2 aromatic heterocycles. The first-order chi connectivity index (χ1) is 18.0. The molecule has 0 bridgehead atoms. The molecule has 0 unspecified atom stereocenters. The number of fused-ring (bicyclic) bond motifs is 2. The van der Waals surface area contributed by atoms with Gasteiger partial charge in [-0.05, 0) is 87.0 Å². The zero-order valence-electron chi connectivity index (χ0n) is 21.1. The summed E-state index contributed by atoms with van der Waals surface area (Å²) in [7, 11) is 0. The fourth-order valence-electron chi connectivity index (χ4n) is 5.38. The van der Waals surface area contributed by atoms with Crippen molar-refractivity contribution in [1.29, 1.82) is 0 Å². The summed E-state index contributed by atoms with van der Waals surface area (Å²) in [6, 6.07) is 12.0. The van der Waals surface area contributed by atoms with Crippen LogP contribution in [0.5, 0.6) is 5.75 Å². The van der Waals surface area contributed by atoms with E-state index >= 15 is 0 Å². The third-order valence-corrected chi connectivity index (χ3v) is 8.58. The molecular weight excluding hydrogens is 490 g/mol. The number of halogens is 2. The van der Waals surface area contributed by atoms with Gasteiger partial charge in [0.25, 0.3) is 0 Å². The summed E-state index contributed by atoms with van der Waals surface area (Å²) in [6.45, 7) is 7.30. The van der Waals surface area contributed by atoms with Crippen LogP contribution in [0.15, 0.2) is 42.6 Å². The van der Waals surface area contributed by atoms with E-state index in [-0.39, 0.29) is 17.5 Å². The van der Waals surface area contributed by atoms with E-state index in [1.807, 2.05) is 25.2 Å². The van der Waals surface area contributed by atoms with Crippen molar-refractivity contribution in [2.75, 3.05) is 31.1 Å². The number of hydrogen-bond donors (Lipinski definition) is 1. The molecule has 4 heterocycles. The van der Waals surface area contributed by atoms with Crippen LogP contribution in [0.3, 0.4) is 0 Å². The van der Waals surface area contributed by atoms with Crippen LogP contribution in [0.4, 0.5) is 14.5 Å². The molecule has 0 aliphatic carbocycles. The maximum Gasteiger partial charge on any atom is 0.178 e. The second-order valence-electron chi connectivity index (χ2n) is 10.1. The summed E-state index contributed by atoms with van der Waals surface area (Å²) < 4.78 is 36.8. The van der Waals surface area contributed by atoms with Gasteiger partial charge in [-0.1, -0.05) is 6.07 Å². The summed E-state index contributed by atoms with van der Waals surface area (Å²) >= 11 is 1.88. The van der Waals surface area contributed by atoms with Gasteiger partial charge in [-0.15, -0.1) is 11.3 Å². The highest BCUT2D eigenvalue weighted by molar-refractivity contribution is 7.19. The van der Waals surface area contributed by atoms with Crippen LogP contribution in [0.1, 0.15) is 48.9 Å². The molecule has 1 N–H and O–H groups in total. The van der Waals surface area contributed by atoms with E-state index < -0.39 is 11.6 Å². The lowest BCUT2D eigenvalue weighted by Crippen LogP contribution is -2.38. The number of benzene rings is 2. The number of aromatic nitrogens is 2. The van der Waals surface area contributed by atoms with E-state index in [1.54, 1.807) is 6.07 Å². The number of ether oxygens (including phenoxy) is 1. The van der Waals surface area contributed by atoms with Crippen LogP contribution in [-0.4, -0.2) is 42.3 Å². The lowest BCUT2D eigenvalue weighted by atomic mass is 9.96. The first-order valence-corrected chi connectivity index (χ1v) is 13.8. The van der Waals surface area contributed by atoms with Crippen molar-refractivity contribution in [2.24, 2.45) is 0 Å². The predicted molar refractivity (Wildman–Crippen MR) is 145 cm³/mol. The van der Waals surface area contributed by atoms with Crippen molar-refractivity contribution in [1.82, 2.24) is 15.3 Å². The summed E-state index contributed by atoms with van der Waals surface area (Å²) in [5.41, 5.74) is 2.18. The number of nitrogens with one attached hydrogen (secondary N) is 1. The fraction of sp³-hybridized carbons (Fsp3) is 0.379. The lowest BCUT2D eigenvalue weighted by molar-refractivity contribution is 0.287. The Morgan fingerprint density at radius 2 is 1.95 bits per heavy atom. The molecule has 1 saturated heterocycles. The number of nitrogens with zero attached hydrogens (tertiary/aromatic N) is 3. The van der Waals surface area contributed by atoms with Gasteiger partial charge in [-0.25, -0.2) is 18.7 Å². The van der Waals surface area contributed by atoms with Crippen molar-refractivity contribution in [2.45, 2.75) is 45.1 Å². The molecule has 4 aromatic rings. The number of rotatable bonds is 5. The van der Waals surface area contributed by atoms with Crippen LogP contribution < -0.4 is 15.0 Å². The van der Waals surface area contributed by atoms with Gasteiger partial charge in [-0.2, -0.15) is 0 Å². The van der Waals surface area contributed by atoms with Gasteiger partial charge in [0, 0.05) is 27.6 Å². The Balaban J connectivity index is 1.30. The molecule has 8 heteroatoms. The molecular formula is C29H30F2N4OS. The average molecular weight is 521 g/mol. The Hall–Kier alpha value is -3.10. The van der Waals surface area contributed by atoms with E-state index in [0.717, 1.165) is 18.7 Å². The number of thiophene rings is 1. The number of anilines is 1. The van der Waals surface area contributed by atoms with E-state index in [0.29, 0.717) is 42.6 Å². The largest absolute Gasteiger partial charge is 0.486 e. The molecule has 0 amide bonds. The fourth-order valence-corrected chi connectivity index (χ4v) is 6.59. The molecule has 0 spiro atoms. The topological polar surface area (TPSA) is 50.3 Å². The van der Waals surface area contributed by atoms with E-state index in [4.69, 9.17) is 4.74 Å². The Morgan fingerprint density at radius 1 is 1.11 bits per heavy atom. The molecule has 2 aliphatic rings. The third-order valence-electron chi connectivity index (χ3n) is 7.31. The predicted octanol–water partition coefficient (Wildman–Crippen LogP) is 6.30. The van der Waals surface area contributed by atoms with E-state index in [9.17, 15) is 8.78 Å². The summed E-state index contributed by atoms with van der Waals surface area (Å²) in [4.78, 5) is 12.3. The molecule has 2 aliphatic heterocycles. The summed E-state index contributed by atoms with van der Waals surface area (Å²) in [5.74, 6) is 0.255. The van der Waals surface area contributed by atoms with Gasteiger partial charge in [0.05, 0.1) is 18.4 Å². The SMILES string of the molecule is CC(C)N1CCOc2c(F)cc(-c3nc(Cc4ccc5sc(C6CCNCC6)cc5c4)ncc3F)cc21. The standard InChI is InChI=1S/C29H30F2N4OS/c1-17(2)35-9-10-36-29-22(30)13-21(14-24(29)35)28-23(31)16-33-27(34-28)12-18-3-4-25-20(11-18)15-26(37-25)19-5-7-32-8-6-19/h3-4,11,13-17,19,32H,5-10,12H2,1-2H3. The minimum atomic E-state index is -0.573. The van der Waals surface area contributed by atoms with Crippen molar-refractivity contribution in [3.63, 3.8) is 0 Å². The van der Waals surface area contributed by atoms with Crippen LogP contribution in [0.2, 0.25) is 0 Å². The van der Waals surface area contributed by atoms with Gasteiger partial charge < -0.3 is 15.0 Å². The Bertz CT molecular complexity index is 1450. The van der Waals surface area contributed by atoms with Gasteiger partial charge >= 0.3 is 0 Å². The van der Waals surface area contributed by atoms with Crippen molar-refractivity contribution >= 4 is 27.1 Å². The van der Waals surface area contributed by atoms with Crippen molar-refractivity contribution in [3.8, 4) is 17.0 Å². The quantitative estimate of drug-likeness (QED) is 0.335. The Morgan fingerprint density at radius 3 is 2.76 bits per heavy atom. The minimum Gasteiger partial charge on any atom is -0.486 e. The van der Waals surface area contributed by atoms with E-state index in [1.165, 1.54) is 40.1 Å². The lowest BCUT2D eigenvalue weighted by Gasteiger charge is -2.34. The van der Waals surface area contributed by atoms with Crippen molar-refractivity contribution in [3.05, 3.63) is 70.5 Å². The minimum absolute atomic E-state index is 0.103. The highest BCUT2D eigenvalue weighted by Crippen LogP contribution is 2.39. The molecule has 0 saturated carbocycles. The second kappa shape index (κ2) is 9.99. The summed E-state index contributed by atoms with van der Waals surface area (Å²) in [5, 5.41) is 4.66. The van der Waals surface area contributed by atoms with Gasteiger partial charge in [0.1, 0.15) is 18.1 Å². The monoisotopic (exact) mass is 520 g/mol. The smallest absolute Gasteiger partial charge is 0.178 e. The van der Waals surface area contributed by atoms with Crippen molar-refractivity contribution < 1.29 is 13.5 Å². The Labute approximate surface area is 219 Å². The maximum absolute atomic E-state index is 15.0. The zero-order valence-corrected chi connectivity index (χ0v) is 21.9. The maximum atomic E-state index is 15.0. The Kier molecular flexibility index (Phi) is 6.55. The highest BCUT2D eigenvalue weighted by atomic mass is 32.1. The first-order valence-electron chi connectivity index (χ1n) is 12.9. The average Bonchev–Trinajstić information content (AvgIpc) is 3.33. The van der Waals surface area contributed by atoms with Gasteiger partial charge in [0.2, 0.25) is 0 Å². The van der Waals surface area contributed by atoms with Gasteiger partial charge in [0.15, 0.2) is 17.4 Å². The molecule has 192 valence electrons. The molecule has 6 rings (SSSR count). The summed E-state index contributed by atoms with van der Waals surface area (Å²) in [6.07, 6.45) is 4.01. The third kappa shape index (κ3) is 4.80. The number of piperidine rings is 1. The first kappa shape index (κ1) is 24.2. The molecule has 5 nitrogen and oxygen atoms in total. The number of hydrogen-bond acceptors (Lipinski definition) is 6. The van der Waals surface area contributed by atoms with Crippen LogP contribution in [0, 0.1) is 11.6 Å². The highest BCUT2D eigenvalue weighted by Gasteiger charge is 2.26. The van der Waals surface area contributed by atoms with Crippen LogP contribution in [-0.2, 0) is 6.42 Å². The molecule has 0 atom stereocenters. The normalized spacial score (nSPS) is 16.3. The van der Waals surface area contributed by atoms with E-state index in [2.05, 4.69) is 44.5 Å². The zero-order chi connectivity index (χ0) is 25.5. The van der Waals surface area contributed by atoms with Gasteiger partial charge in [-0.3, -0.25) is 0 Å². The molecule has 1 fully saturated rings. The molecule has 37 heavy (non-hydrogen) atoms. The van der Waals surface area contributed by atoms with Crippen LogP contribution in [0.25, 0.3) is 21.3 Å². The van der Waals surface area contributed by atoms with Crippen LogP contribution >= 0.6 is 11.3 Å². The molecule has 0 radical (unpaired) electrons. The molecule has 2 aromatic carbocycles.